The topological polar surface area (TPSA) is 40.6 Å². The molecule has 2 atom stereocenters. The van der Waals surface area contributed by atoms with Crippen molar-refractivity contribution < 1.29 is 9.59 Å². The molecule has 1 aliphatic carbocycles. The third kappa shape index (κ3) is 2.65. The second-order valence-corrected chi connectivity index (χ2v) is 8.45. The predicted octanol–water partition coefficient (Wildman–Crippen LogP) is 2.63. The number of carbonyl (C=O) groups excluding carboxylic acids is 2. The van der Waals surface area contributed by atoms with E-state index in [2.05, 4.69) is 19.1 Å². The van der Waals surface area contributed by atoms with E-state index in [9.17, 15) is 9.59 Å². The van der Waals surface area contributed by atoms with Crippen LogP contribution in [0.2, 0.25) is 0 Å². The first-order valence-corrected chi connectivity index (χ1v) is 9.37. The first kappa shape index (κ1) is 15.1. The molecule has 4 nitrogen and oxygen atoms in total. The summed E-state index contributed by atoms with van der Waals surface area (Å²) in [5.41, 5.74) is 1.16. The Bertz CT molecular complexity index is 631. The predicted molar refractivity (Wildman–Crippen MR) is 90.7 cm³/mol. The zero-order chi connectivity index (χ0) is 16.0. The number of nitrogens with zero attached hydrogens (tertiary/aromatic N) is 2. The van der Waals surface area contributed by atoms with Crippen molar-refractivity contribution in [3.63, 3.8) is 0 Å². The van der Waals surface area contributed by atoms with E-state index in [4.69, 9.17) is 0 Å². The third-order valence-electron chi connectivity index (χ3n) is 5.20. The molecule has 0 N–H and O–H groups in total. The summed E-state index contributed by atoms with van der Waals surface area (Å²) in [5.74, 6) is 1.02. The Morgan fingerprint density at radius 1 is 1.35 bits per heavy atom. The molecule has 2 heterocycles. The minimum Gasteiger partial charge on any atom is -0.334 e. The molecule has 0 bridgehead atoms. The minimum atomic E-state index is -0.274. The second kappa shape index (κ2) is 5.55. The maximum atomic E-state index is 13.2. The van der Waals surface area contributed by atoms with E-state index in [0.717, 1.165) is 30.6 Å². The molecule has 1 aromatic rings. The van der Waals surface area contributed by atoms with Gasteiger partial charge in [-0.05, 0) is 31.7 Å². The van der Waals surface area contributed by atoms with Crippen LogP contribution in [-0.2, 0) is 16.1 Å². The van der Waals surface area contributed by atoms with Crippen molar-refractivity contribution >= 4 is 23.6 Å². The van der Waals surface area contributed by atoms with E-state index in [-0.39, 0.29) is 22.7 Å². The summed E-state index contributed by atoms with van der Waals surface area (Å²) >= 11 is 1.77. The van der Waals surface area contributed by atoms with Crippen LogP contribution in [0.25, 0.3) is 0 Å². The molecule has 4 rings (SSSR count). The van der Waals surface area contributed by atoms with Gasteiger partial charge in [0.2, 0.25) is 11.8 Å². The van der Waals surface area contributed by atoms with Gasteiger partial charge in [-0.25, -0.2) is 0 Å². The van der Waals surface area contributed by atoms with Crippen molar-refractivity contribution in [2.45, 2.75) is 56.1 Å². The lowest BCUT2D eigenvalue weighted by molar-refractivity contribution is -0.144. The number of fused-ring (bicyclic) bond motifs is 1. The molecule has 2 amide bonds. The fourth-order valence-corrected chi connectivity index (χ4v) is 5.17. The van der Waals surface area contributed by atoms with E-state index in [1.165, 1.54) is 0 Å². The molecule has 5 heteroatoms. The molecule has 1 aromatic carbocycles. The first-order chi connectivity index (χ1) is 11.1. The summed E-state index contributed by atoms with van der Waals surface area (Å²) in [6.45, 7) is 2.76. The molecule has 0 aromatic heterocycles. The lowest BCUT2D eigenvalue weighted by Crippen LogP contribution is -2.51. The SMILES string of the molecule is C[C@@]12CCC(=O)N1[C@@H](C(=O)N(Cc1ccccc1)C1CC1)CS2. The largest absolute Gasteiger partial charge is 0.334 e. The van der Waals surface area contributed by atoms with Crippen LogP contribution in [0.15, 0.2) is 30.3 Å². The second-order valence-electron chi connectivity index (χ2n) is 6.95. The van der Waals surface area contributed by atoms with Crippen LogP contribution in [0.5, 0.6) is 0 Å². The Morgan fingerprint density at radius 3 is 2.78 bits per heavy atom. The monoisotopic (exact) mass is 330 g/mol. The first-order valence-electron chi connectivity index (χ1n) is 8.39. The average Bonchev–Trinajstić information content (AvgIpc) is 3.27. The van der Waals surface area contributed by atoms with Gasteiger partial charge >= 0.3 is 0 Å². The number of benzene rings is 1. The van der Waals surface area contributed by atoms with Crippen molar-refractivity contribution in [3.8, 4) is 0 Å². The van der Waals surface area contributed by atoms with Gasteiger partial charge in [-0.2, -0.15) is 0 Å². The third-order valence-corrected chi connectivity index (χ3v) is 6.70. The van der Waals surface area contributed by atoms with Gasteiger partial charge in [0.25, 0.3) is 0 Å². The van der Waals surface area contributed by atoms with Crippen molar-refractivity contribution in [1.82, 2.24) is 9.80 Å². The van der Waals surface area contributed by atoms with E-state index >= 15 is 0 Å². The standard InChI is InChI=1S/C18H22N2O2S/c1-18-10-9-16(21)20(18)15(12-23-18)17(22)19(14-7-8-14)11-13-5-3-2-4-6-13/h2-6,14-15H,7-12H2,1H3/t15-,18-/m1/s1. The van der Waals surface area contributed by atoms with Crippen molar-refractivity contribution in [1.29, 1.82) is 0 Å². The maximum absolute atomic E-state index is 13.2. The highest BCUT2D eigenvalue weighted by Crippen LogP contribution is 2.48. The lowest BCUT2D eigenvalue weighted by Gasteiger charge is -2.33. The van der Waals surface area contributed by atoms with Gasteiger partial charge in [0, 0.05) is 24.8 Å². The zero-order valence-electron chi connectivity index (χ0n) is 13.4. The van der Waals surface area contributed by atoms with Crippen molar-refractivity contribution in [3.05, 3.63) is 35.9 Å². The summed E-state index contributed by atoms with van der Waals surface area (Å²) < 4.78 is 0. The molecule has 23 heavy (non-hydrogen) atoms. The molecule has 0 radical (unpaired) electrons. The Morgan fingerprint density at radius 2 is 2.09 bits per heavy atom. The summed E-state index contributed by atoms with van der Waals surface area (Å²) in [7, 11) is 0. The molecule has 3 fully saturated rings. The quantitative estimate of drug-likeness (QED) is 0.852. The highest BCUT2D eigenvalue weighted by molar-refractivity contribution is 8.01. The summed E-state index contributed by atoms with van der Waals surface area (Å²) in [4.78, 5) is 29.2. The molecule has 2 saturated heterocycles. The minimum absolute atomic E-state index is 0.142. The molecule has 122 valence electrons. The molecule has 0 unspecified atom stereocenters. The molecular weight excluding hydrogens is 308 g/mol. The Hall–Kier alpha value is -1.49. The fraction of sp³-hybridized carbons (Fsp3) is 0.556. The molecule has 2 aliphatic heterocycles. The van der Waals surface area contributed by atoms with E-state index in [1.807, 2.05) is 28.0 Å². The number of rotatable bonds is 4. The number of thioether (sulfide) groups is 1. The van der Waals surface area contributed by atoms with Crippen LogP contribution in [-0.4, -0.2) is 44.3 Å². The van der Waals surface area contributed by atoms with Gasteiger partial charge in [-0.15, -0.1) is 11.8 Å². The summed E-state index contributed by atoms with van der Waals surface area (Å²) in [6, 6.07) is 10.2. The zero-order valence-corrected chi connectivity index (χ0v) is 14.2. The van der Waals surface area contributed by atoms with E-state index in [0.29, 0.717) is 19.0 Å². The van der Waals surface area contributed by atoms with Gasteiger partial charge in [0.1, 0.15) is 6.04 Å². The van der Waals surface area contributed by atoms with Crippen LogP contribution >= 0.6 is 11.8 Å². The van der Waals surface area contributed by atoms with Gasteiger partial charge in [-0.1, -0.05) is 30.3 Å². The molecular formula is C18H22N2O2S. The molecule has 0 spiro atoms. The van der Waals surface area contributed by atoms with Gasteiger partial charge < -0.3 is 9.80 Å². The van der Waals surface area contributed by atoms with Gasteiger partial charge in [-0.3, -0.25) is 9.59 Å². The van der Waals surface area contributed by atoms with Gasteiger partial charge in [0.15, 0.2) is 0 Å². The number of amides is 2. The normalized spacial score (nSPS) is 29.7. The van der Waals surface area contributed by atoms with Crippen LogP contribution in [0.4, 0.5) is 0 Å². The summed E-state index contributed by atoms with van der Waals surface area (Å²) in [5, 5.41) is 0. The lowest BCUT2D eigenvalue weighted by atomic mass is 10.1. The smallest absolute Gasteiger partial charge is 0.246 e. The number of carbonyl (C=O) groups is 2. The summed E-state index contributed by atoms with van der Waals surface area (Å²) in [6.07, 6.45) is 3.62. The number of hydrogen-bond acceptors (Lipinski definition) is 3. The van der Waals surface area contributed by atoms with E-state index in [1.54, 1.807) is 11.8 Å². The van der Waals surface area contributed by atoms with Crippen LogP contribution < -0.4 is 0 Å². The van der Waals surface area contributed by atoms with Gasteiger partial charge in [0.05, 0.1) is 4.87 Å². The molecule has 3 aliphatic rings. The highest BCUT2D eigenvalue weighted by atomic mass is 32.2. The highest BCUT2D eigenvalue weighted by Gasteiger charge is 2.54. The maximum Gasteiger partial charge on any atom is 0.246 e. The van der Waals surface area contributed by atoms with Crippen LogP contribution in [0.1, 0.15) is 38.2 Å². The van der Waals surface area contributed by atoms with Crippen LogP contribution in [0, 0.1) is 0 Å². The Balaban J connectivity index is 1.55. The molecule has 1 saturated carbocycles. The fourth-order valence-electron chi connectivity index (χ4n) is 3.75. The van der Waals surface area contributed by atoms with Crippen molar-refractivity contribution in [2.24, 2.45) is 0 Å². The average molecular weight is 330 g/mol. The Kier molecular flexibility index (Phi) is 3.63. The number of hydrogen-bond donors (Lipinski definition) is 0. The Labute approximate surface area is 141 Å². The van der Waals surface area contributed by atoms with Crippen LogP contribution in [0.3, 0.4) is 0 Å². The van der Waals surface area contributed by atoms with E-state index < -0.39 is 0 Å². The van der Waals surface area contributed by atoms with Crippen molar-refractivity contribution in [2.75, 3.05) is 5.75 Å².